The fourth-order valence-corrected chi connectivity index (χ4v) is 5.14. The molecule has 0 atom stereocenters. The van der Waals surface area contributed by atoms with Crippen molar-refractivity contribution in [1.82, 2.24) is 9.21 Å². The van der Waals surface area contributed by atoms with E-state index in [4.69, 9.17) is 0 Å². The molecule has 0 radical (unpaired) electrons. The van der Waals surface area contributed by atoms with Crippen LogP contribution in [0, 0.1) is 13.8 Å². The fourth-order valence-electron chi connectivity index (χ4n) is 3.97. The van der Waals surface area contributed by atoms with Crippen molar-refractivity contribution in [3.05, 3.63) is 39.8 Å². The van der Waals surface area contributed by atoms with Gasteiger partial charge in [-0.1, -0.05) is 0 Å². The Morgan fingerprint density at radius 2 is 1.60 bits per heavy atom. The third-order valence-corrected chi connectivity index (χ3v) is 7.58. The van der Waals surface area contributed by atoms with Crippen LogP contribution in [0.3, 0.4) is 0 Å². The van der Waals surface area contributed by atoms with Gasteiger partial charge in [-0.15, -0.1) is 0 Å². The number of carbonyl (C=O) groups is 2. The molecule has 0 spiro atoms. The van der Waals surface area contributed by atoms with E-state index >= 15 is 0 Å². The SMILES string of the molecule is Cc1cc(C(=O)N2CCC(C)(O)CC2)cc(C)c1C=CS(=O)(=O)N1CCC(=O)CC1. The number of Topliss-reactive ketones (excluding diaryl/α,β-unsaturated/α-hetero) is 1. The molecule has 2 fully saturated rings. The maximum Gasteiger partial charge on any atom is 0.253 e. The number of likely N-dealkylation sites (tertiary alicyclic amines) is 1. The molecule has 2 saturated heterocycles. The van der Waals surface area contributed by atoms with Gasteiger partial charge in [-0.2, -0.15) is 4.31 Å². The Labute approximate surface area is 178 Å². The molecule has 1 aromatic rings. The molecule has 0 unspecified atom stereocenters. The van der Waals surface area contributed by atoms with Crippen LogP contribution in [0.4, 0.5) is 0 Å². The number of hydrogen-bond donors (Lipinski definition) is 1. The molecule has 164 valence electrons. The molecule has 0 bridgehead atoms. The van der Waals surface area contributed by atoms with Crippen molar-refractivity contribution < 1.29 is 23.1 Å². The standard InChI is InChI=1S/C22H30N2O5S/c1-16-14-18(21(26)23-11-7-22(3,27)8-12-23)15-17(2)20(16)6-13-30(28,29)24-9-4-19(25)5-10-24/h6,13-15,27H,4-5,7-12H2,1-3H3. The molecule has 1 N–H and O–H groups in total. The summed E-state index contributed by atoms with van der Waals surface area (Å²) < 4.78 is 26.5. The maximum absolute atomic E-state index is 12.9. The molecular weight excluding hydrogens is 404 g/mol. The van der Waals surface area contributed by atoms with E-state index < -0.39 is 15.6 Å². The Balaban J connectivity index is 1.75. The largest absolute Gasteiger partial charge is 0.390 e. The van der Waals surface area contributed by atoms with Gasteiger partial charge < -0.3 is 10.0 Å². The Morgan fingerprint density at radius 3 is 2.13 bits per heavy atom. The third-order valence-electron chi connectivity index (χ3n) is 6.02. The van der Waals surface area contributed by atoms with E-state index in [1.54, 1.807) is 30.0 Å². The van der Waals surface area contributed by atoms with E-state index in [1.165, 1.54) is 9.71 Å². The van der Waals surface area contributed by atoms with Crippen molar-refractivity contribution in [1.29, 1.82) is 0 Å². The zero-order valence-electron chi connectivity index (χ0n) is 17.8. The molecule has 2 aliphatic rings. The number of benzene rings is 1. The molecule has 0 aromatic heterocycles. The number of aryl methyl sites for hydroxylation is 2. The zero-order valence-corrected chi connectivity index (χ0v) is 18.7. The molecule has 7 nitrogen and oxygen atoms in total. The molecular formula is C22H30N2O5S. The minimum Gasteiger partial charge on any atom is -0.390 e. The minimum atomic E-state index is -3.59. The molecule has 3 rings (SSSR count). The average molecular weight is 435 g/mol. The summed E-state index contributed by atoms with van der Waals surface area (Å²) in [4.78, 5) is 26.0. The minimum absolute atomic E-state index is 0.0714. The molecule has 1 aromatic carbocycles. The van der Waals surface area contributed by atoms with Gasteiger partial charge in [-0.3, -0.25) is 9.59 Å². The smallest absolute Gasteiger partial charge is 0.253 e. The second-order valence-corrected chi connectivity index (χ2v) is 10.4. The molecule has 0 saturated carbocycles. The zero-order chi connectivity index (χ0) is 22.1. The number of aliphatic hydroxyl groups is 1. The summed E-state index contributed by atoms with van der Waals surface area (Å²) in [5.74, 6) is 0.0209. The highest BCUT2D eigenvalue weighted by Gasteiger charge is 2.30. The van der Waals surface area contributed by atoms with Gasteiger partial charge in [0.25, 0.3) is 5.91 Å². The molecule has 8 heteroatoms. The third kappa shape index (κ3) is 5.17. The van der Waals surface area contributed by atoms with Crippen LogP contribution in [-0.4, -0.2) is 66.2 Å². The number of rotatable bonds is 4. The van der Waals surface area contributed by atoms with Gasteiger partial charge in [0.15, 0.2) is 0 Å². The second kappa shape index (κ2) is 8.61. The van der Waals surface area contributed by atoms with E-state index in [9.17, 15) is 23.1 Å². The molecule has 1 amide bonds. The quantitative estimate of drug-likeness (QED) is 0.784. The first-order valence-electron chi connectivity index (χ1n) is 10.3. The van der Waals surface area contributed by atoms with Crippen LogP contribution in [0.15, 0.2) is 17.5 Å². The first kappa shape index (κ1) is 22.7. The summed E-state index contributed by atoms with van der Waals surface area (Å²) in [5.41, 5.74) is 2.26. The van der Waals surface area contributed by atoms with Crippen LogP contribution in [0.1, 0.15) is 59.7 Å². The van der Waals surface area contributed by atoms with E-state index in [1.807, 2.05) is 13.8 Å². The summed E-state index contributed by atoms with van der Waals surface area (Å²) in [6, 6.07) is 3.57. The number of carbonyl (C=O) groups excluding carboxylic acids is 2. The predicted octanol–water partition coefficient (Wildman–Crippen LogP) is 2.26. The van der Waals surface area contributed by atoms with Crippen molar-refractivity contribution in [2.45, 2.75) is 52.1 Å². The van der Waals surface area contributed by atoms with Crippen molar-refractivity contribution in [2.24, 2.45) is 0 Å². The summed E-state index contributed by atoms with van der Waals surface area (Å²) in [7, 11) is -3.59. The monoisotopic (exact) mass is 434 g/mol. The Morgan fingerprint density at radius 1 is 1.07 bits per heavy atom. The molecule has 2 aliphatic heterocycles. The average Bonchev–Trinajstić information content (AvgIpc) is 2.67. The Kier molecular flexibility index (Phi) is 6.50. The first-order chi connectivity index (χ1) is 14.0. The van der Waals surface area contributed by atoms with Gasteiger partial charge in [0.05, 0.1) is 5.60 Å². The maximum atomic E-state index is 12.9. The molecule has 0 aliphatic carbocycles. The van der Waals surface area contributed by atoms with E-state index in [0.717, 1.165) is 16.7 Å². The van der Waals surface area contributed by atoms with Crippen LogP contribution >= 0.6 is 0 Å². The summed E-state index contributed by atoms with van der Waals surface area (Å²) >= 11 is 0. The van der Waals surface area contributed by atoms with Crippen LogP contribution in [-0.2, 0) is 14.8 Å². The van der Waals surface area contributed by atoms with Gasteiger partial charge in [0, 0.05) is 50.0 Å². The number of hydrogen-bond acceptors (Lipinski definition) is 5. The number of sulfonamides is 1. The molecule has 2 heterocycles. The van der Waals surface area contributed by atoms with Crippen molar-refractivity contribution in [3.8, 4) is 0 Å². The van der Waals surface area contributed by atoms with Gasteiger partial charge in [-0.05, 0) is 68.5 Å². The highest BCUT2D eigenvalue weighted by molar-refractivity contribution is 7.92. The second-order valence-electron chi connectivity index (χ2n) is 8.60. The summed E-state index contributed by atoms with van der Waals surface area (Å²) in [5, 5.41) is 11.3. The van der Waals surface area contributed by atoms with Gasteiger partial charge >= 0.3 is 0 Å². The lowest BCUT2D eigenvalue weighted by atomic mass is 9.93. The summed E-state index contributed by atoms with van der Waals surface area (Å²) in [6.45, 7) is 6.98. The highest BCUT2D eigenvalue weighted by Crippen LogP contribution is 2.25. The first-order valence-corrected chi connectivity index (χ1v) is 11.8. The Hall–Kier alpha value is -2.03. The lowest BCUT2D eigenvalue weighted by molar-refractivity contribution is -0.120. The molecule has 30 heavy (non-hydrogen) atoms. The normalized spacial score (nSPS) is 20.7. The number of piperidine rings is 2. The van der Waals surface area contributed by atoms with E-state index in [2.05, 4.69) is 0 Å². The van der Waals surface area contributed by atoms with E-state index in [0.29, 0.717) is 31.5 Å². The van der Waals surface area contributed by atoms with Crippen LogP contribution in [0.5, 0.6) is 0 Å². The fraction of sp³-hybridized carbons (Fsp3) is 0.545. The lowest BCUT2D eigenvalue weighted by Crippen LogP contribution is -2.45. The van der Waals surface area contributed by atoms with E-state index in [-0.39, 0.29) is 37.6 Å². The van der Waals surface area contributed by atoms with Crippen LogP contribution in [0.25, 0.3) is 6.08 Å². The topological polar surface area (TPSA) is 95.0 Å². The van der Waals surface area contributed by atoms with Gasteiger partial charge in [-0.25, -0.2) is 8.42 Å². The van der Waals surface area contributed by atoms with Gasteiger partial charge in [0.2, 0.25) is 10.0 Å². The lowest BCUT2D eigenvalue weighted by Gasteiger charge is -2.36. The predicted molar refractivity (Wildman–Crippen MR) is 115 cm³/mol. The highest BCUT2D eigenvalue weighted by atomic mass is 32.2. The number of amides is 1. The Bertz CT molecular complexity index is 938. The van der Waals surface area contributed by atoms with Crippen molar-refractivity contribution in [2.75, 3.05) is 26.2 Å². The number of ketones is 1. The number of nitrogens with zero attached hydrogens (tertiary/aromatic N) is 2. The van der Waals surface area contributed by atoms with Crippen molar-refractivity contribution in [3.63, 3.8) is 0 Å². The van der Waals surface area contributed by atoms with Gasteiger partial charge in [0.1, 0.15) is 5.78 Å². The summed E-state index contributed by atoms with van der Waals surface area (Å²) in [6.07, 6.45) is 3.19. The van der Waals surface area contributed by atoms with Crippen molar-refractivity contribution >= 4 is 27.8 Å². The van der Waals surface area contributed by atoms with Crippen LogP contribution < -0.4 is 0 Å². The van der Waals surface area contributed by atoms with Crippen LogP contribution in [0.2, 0.25) is 0 Å².